The molecule has 1 fully saturated rings. The molecule has 4 aromatic rings. The number of carbonyl (C=O) groups excluding carboxylic acids is 1. The second-order valence-corrected chi connectivity index (χ2v) is 10.6. The van der Waals surface area contributed by atoms with Crippen molar-refractivity contribution < 1.29 is 14.7 Å². The Balaban J connectivity index is 1.66. The molecule has 2 aromatic carbocycles. The second kappa shape index (κ2) is 9.40. The molecule has 3 heterocycles. The zero-order chi connectivity index (χ0) is 25.7. The Hall–Kier alpha value is -3.54. The minimum absolute atomic E-state index is 0.0873. The number of hydrogen-bond donors (Lipinski definition) is 1. The molecule has 1 saturated carbocycles. The smallest absolute Gasteiger partial charge is 0.335 e. The van der Waals surface area contributed by atoms with Crippen molar-refractivity contribution in [3.8, 4) is 11.3 Å². The van der Waals surface area contributed by atoms with Gasteiger partial charge in [-0.15, -0.1) is 0 Å². The van der Waals surface area contributed by atoms with Crippen molar-refractivity contribution in [3.63, 3.8) is 0 Å². The third-order valence-electron chi connectivity index (χ3n) is 8.58. The monoisotopic (exact) mass is 497 g/mol. The van der Waals surface area contributed by atoms with Gasteiger partial charge in [0.2, 0.25) is 0 Å². The molecule has 0 radical (unpaired) electrons. The highest BCUT2D eigenvalue weighted by atomic mass is 16.4. The summed E-state index contributed by atoms with van der Waals surface area (Å²) >= 11 is 0. The average molecular weight is 498 g/mol. The Morgan fingerprint density at radius 2 is 1.76 bits per heavy atom. The number of para-hydroxylation sites is 1. The van der Waals surface area contributed by atoms with E-state index in [1.54, 1.807) is 6.07 Å². The number of carboxylic acid groups (broad SMARTS) is 1. The minimum Gasteiger partial charge on any atom is -0.478 e. The van der Waals surface area contributed by atoms with Crippen LogP contribution in [-0.4, -0.2) is 44.1 Å². The lowest BCUT2D eigenvalue weighted by atomic mass is 9.81. The first-order valence-corrected chi connectivity index (χ1v) is 13.8. The lowest BCUT2D eigenvalue weighted by Gasteiger charge is -2.25. The topological polar surface area (TPSA) is 67.5 Å². The predicted molar refractivity (Wildman–Crippen MR) is 148 cm³/mol. The van der Waals surface area contributed by atoms with Crippen molar-refractivity contribution in [1.29, 1.82) is 0 Å². The van der Waals surface area contributed by atoms with Crippen LogP contribution in [0.2, 0.25) is 0 Å². The molecule has 0 atom stereocenters. The van der Waals surface area contributed by atoms with Gasteiger partial charge < -0.3 is 19.1 Å². The molecule has 6 nitrogen and oxygen atoms in total. The van der Waals surface area contributed by atoms with Gasteiger partial charge in [-0.25, -0.2) is 4.79 Å². The van der Waals surface area contributed by atoms with Crippen molar-refractivity contribution in [2.75, 3.05) is 13.1 Å². The van der Waals surface area contributed by atoms with E-state index in [4.69, 9.17) is 0 Å². The van der Waals surface area contributed by atoms with Crippen LogP contribution in [0.25, 0.3) is 33.1 Å². The summed E-state index contributed by atoms with van der Waals surface area (Å²) in [6.45, 7) is 7.06. The van der Waals surface area contributed by atoms with Crippen molar-refractivity contribution in [1.82, 2.24) is 14.0 Å². The lowest BCUT2D eigenvalue weighted by Crippen LogP contribution is -2.30. The van der Waals surface area contributed by atoms with E-state index >= 15 is 0 Å². The first kappa shape index (κ1) is 23.8. The molecular formula is C31H35N3O3. The molecule has 2 aliphatic rings. The summed E-state index contributed by atoms with van der Waals surface area (Å²) in [5.41, 5.74) is 6.99. The molecule has 37 heavy (non-hydrogen) atoms. The SMILES string of the molecule is CCN(CC)C(=O)c1cn2c3c(cccc13)-c1c(C3CCCCC3)c3ccc(C(=O)O)cc3n1CCC2. The molecule has 0 bridgehead atoms. The Kier molecular flexibility index (Phi) is 6.06. The van der Waals surface area contributed by atoms with Gasteiger partial charge in [-0.3, -0.25) is 4.79 Å². The number of amides is 1. The molecule has 6 heteroatoms. The number of hydrogen-bond acceptors (Lipinski definition) is 2. The number of aryl methyl sites for hydroxylation is 2. The normalized spacial score (nSPS) is 15.9. The standard InChI is InChI=1S/C31H35N3O3/c1-3-32(4-2)30(35)25-19-33-16-9-17-34-26-18-21(31(36)37)14-15-23(26)27(20-10-6-5-7-11-20)29(34)24-13-8-12-22(25)28(24)33/h8,12-15,18-20H,3-7,9-11,16-17H2,1-2H3,(H,36,37). The van der Waals surface area contributed by atoms with Gasteiger partial charge in [0, 0.05) is 54.2 Å². The van der Waals surface area contributed by atoms with Crippen LogP contribution in [0.3, 0.4) is 0 Å². The van der Waals surface area contributed by atoms with E-state index in [0.717, 1.165) is 59.9 Å². The van der Waals surface area contributed by atoms with Crippen molar-refractivity contribution in [2.45, 2.75) is 71.4 Å². The number of nitrogens with zero attached hydrogens (tertiary/aromatic N) is 3. The zero-order valence-electron chi connectivity index (χ0n) is 21.8. The Morgan fingerprint density at radius 1 is 0.973 bits per heavy atom. The van der Waals surface area contributed by atoms with Crippen LogP contribution in [-0.2, 0) is 13.1 Å². The van der Waals surface area contributed by atoms with Gasteiger partial charge in [-0.1, -0.05) is 43.5 Å². The van der Waals surface area contributed by atoms with Crippen molar-refractivity contribution in [3.05, 3.63) is 59.3 Å². The molecule has 0 spiro atoms. The molecule has 0 unspecified atom stereocenters. The molecule has 1 amide bonds. The predicted octanol–water partition coefficient (Wildman–Crippen LogP) is 6.89. The summed E-state index contributed by atoms with van der Waals surface area (Å²) in [6.07, 6.45) is 9.04. The molecule has 1 N–H and O–H groups in total. The molecule has 6 rings (SSSR count). The van der Waals surface area contributed by atoms with Gasteiger partial charge in [0.15, 0.2) is 0 Å². The van der Waals surface area contributed by atoms with Gasteiger partial charge >= 0.3 is 5.97 Å². The molecule has 1 aliphatic heterocycles. The maximum Gasteiger partial charge on any atom is 0.335 e. The maximum absolute atomic E-state index is 13.5. The molecule has 1 aliphatic carbocycles. The van der Waals surface area contributed by atoms with Crippen LogP contribution in [0, 0.1) is 0 Å². The first-order valence-electron chi connectivity index (χ1n) is 13.8. The summed E-state index contributed by atoms with van der Waals surface area (Å²) in [7, 11) is 0. The average Bonchev–Trinajstić information content (AvgIpc) is 3.44. The molecule has 192 valence electrons. The highest BCUT2D eigenvalue weighted by Crippen LogP contribution is 2.47. The van der Waals surface area contributed by atoms with Gasteiger partial charge in [0.05, 0.1) is 22.3 Å². The van der Waals surface area contributed by atoms with Crippen LogP contribution in [0.4, 0.5) is 0 Å². The number of carbonyl (C=O) groups is 2. The maximum atomic E-state index is 13.5. The number of fused-ring (bicyclic) bond motifs is 4. The van der Waals surface area contributed by atoms with Gasteiger partial charge in [-0.2, -0.15) is 0 Å². The summed E-state index contributed by atoms with van der Waals surface area (Å²) < 4.78 is 4.67. The van der Waals surface area contributed by atoms with E-state index in [1.165, 1.54) is 35.9 Å². The van der Waals surface area contributed by atoms with Crippen LogP contribution in [0.15, 0.2) is 42.6 Å². The third kappa shape index (κ3) is 3.76. The van der Waals surface area contributed by atoms with E-state index in [1.807, 2.05) is 30.9 Å². The van der Waals surface area contributed by atoms with E-state index in [0.29, 0.717) is 24.6 Å². The largest absolute Gasteiger partial charge is 0.478 e. The van der Waals surface area contributed by atoms with Gasteiger partial charge in [0.25, 0.3) is 5.91 Å². The number of aromatic carboxylic acids is 1. The Morgan fingerprint density at radius 3 is 2.49 bits per heavy atom. The number of benzene rings is 2. The van der Waals surface area contributed by atoms with E-state index in [2.05, 4.69) is 33.5 Å². The summed E-state index contributed by atoms with van der Waals surface area (Å²) in [6, 6.07) is 12.0. The van der Waals surface area contributed by atoms with Gasteiger partial charge in [-0.05, 0) is 56.7 Å². The quantitative estimate of drug-likeness (QED) is 0.326. The van der Waals surface area contributed by atoms with E-state index < -0.39 is 5.97 Å². The highest BCUT2D eigenvalue weighted by molar-refractivity contribution is 6.11. The molecular weight excluding hydrogens is 462 g/mol. The summed E-state index contributed by atoms with van der Waals surface area (Å²) in [5, 5.41) is 11.9. The lowest BCUT2D eigenvalue weighted by molar-refractivity contribution is 0.0696. The number of carboxylic acids is 1. The fourth-order valence-corrected chi connectivity index (χ4v) is 6.81. The number of aromatic nitrogens is 2. The van der Waals surface area contributed by atoms with Crippen LogP contribution < -0.4 is 0 Å². The zero-order valence-corrected chi connectivity index (χ0v) is 21.8. The van der Waals surface area contributed by atoms with Crippen LogP contribution in [0.5, 0.6) is 0 Å². The summed E-state index contributed by atoms with van der Waals surface area (Å²) in [4.78, 5) is 27.3. The van der Waals surface area contributed by atoms with E-state index in [-0.39, 0.29) is 5.91 Å². The second-order valence-electron chi connectivity index (χ2n) is 10.6. The molecule has 2 aromatic heterocycles. The third-order valence-corrected chi connectivity index (χ3v) is 8.58. The van der Waals surface area contributed by atoms with Gasteiger partial charge in [0.1, 0.15) is 0 Å². The highest BCUT2D eigenvalue weighted by Gasteiger charge is 2.30. The van der Waals surface area contributed by atoms with Crippen molar-refractivity contribution in [2.24, 2.45) is 0 Å². The van der Waals surface area contributed by atoms with E-state index in [9.17, 15) is 14.7 Å². The van der Waals surface area contributed by atoms with Crippen LogP contribution >= 0.6 is 0 Å². The fourth-order valence-electron chi connectivity index (χ4n) is 6.81. The Labute approximate surface area is 217 Å². The Bertz CT molecular complexity index is 1520. The van der Waals surface area contributed by atoms with Crippen LogP contribution in [0.1, 0.15) is 84.6 Å². The first-order chi connectivity index (χ1) is 18.0. The minimum atomic E-state index is -0.891. The summed E-state index contributed by atoms with van der Waals surface area (Å²) in [5.74, 6) is -0.347. The van der Waals surface area contributed by atoms with Crippen molar-refractivity contribution >= 4 is 33.7 Å². The molecule has 0 saturated heterocycles. The number of rotatable bonds is 5. The fraction of sp³-hybridized carbons (Fsp3) is 0.419.